The van der Waals surface area contributed by atoms with Gasteiger partial charge in [-0.1, -0.05) is 33.2 Å². The number of aryl methyl sites for hydroxylation is 1. The summed E-state index contributed by atoms with van der Waals surface area (Å²) in [6.07, 6.45) is 0.783. The van der Waals surface area contributed by atoms with Crippen molar-refractivity contribution in [1.29, 1.82) is 0 Å². The van der Waals surface area contributed by atoms with Crippen molar-refractivity contribution < 1.29 is 0 Å². The van der Waals surface area contributed by atoms with Gasteiger partial charge in [0.15, 0.2) is 0 Å². The van der Waals surface area contributed by atoms with Crippen LogP contribution in [0.15, 0.2) is 27.8 Å². The summed E-state index contributed by atoms with van der Waals surface area (Å²) >= 11 is 3.46. The van der Waals surface area contributed by atoms with E-state index in [0.717, 1.165) is 10.9 Å². The maximum absolute atomic E-state index is 8.10. The predicted molar refractivity (Wildman–Crippen MR) is 56.6 cm³/mol. The summed E-state index contributed by atoms with van der Waals surface area (Å²) in [6.45, 7) is 2.56. The Morgan fingerprint density at radius 1 is 1.54 bits per heavy atom. The molecular formula is C9H10BrN3. The van der Waals surface area contributed by atoms with Gasteiger partial charge < -0.3 is 0 Å². The van der Waals surface area contributed by atoms with Crippen molar-refractivity contribution in [2.24, 2.45) is 5.11 Å². The molecule has 0 bridgehead atoms. The molecule has 0 aromatic heterocycles. The highest BCUT2D eigenvalue weighted by atomic mass is 79.9. The molecule has 0 atom stereocenters. The lowest BCUT2D eigenvalue weighted by atomic mass is 10.1. The van der Waals surface area contributed by atoms with Crippen LogP contribution in [-0.2, 0) is 6.42 Å². The largest absolute Gasteiger partial charge is 0.0936 e. The third kappa shape index (κ3) is 3.09. The molecule has 1 aromatic rings. The van der Waals surface area contributed by atoms with Crippen molar-refractivity contribution in [3.63, 3.8) is 0 Å². The minimum Gasteiger partial charge on any atom is -0.0936 e. The molecule has 0 aliphatic heterocycles. The maximum atomic E-state index is 8.10. The second kappa shape index (κ2) is 4.90. The van der Waals surface area contributed by atoms with Crippen molar-refractivity contribution in [2.75, 3.05) is 6.54 Å². The molecule has 0 aliphatic carbocycles. The normalized spacial score (nSPS) is 9.38. The molecule has 0 saturated carbocycles. The van der Waals surface area contributed by atoms with Gasteiger partial charge in [-0.3, -0.25) is 0 Å². The van der Waals surface area contributed by atoms with Gasteiger partial charge in [0.1, 0.15) is 0 Å². The van der Waals surface area contributed by atoms with Gasteiger partial charge in [-0.2, -0.15) is 0 Å². The van der Waals surface area contributed by atoms with E-state index in [1.165, 1.54) is 11.1 Å². The van der Waals surface area contributed by atoms with Gasteiger partial charge in [0.05, 0.1) is 0 Å². The van der Waals surface area contributed by atoms with Crippen molar-refractivity contribution in [3.8, 4) is 0 Å². The molecule has 0 N–H and O–H groups in total. The number of hydrogen-bond acceptors (Lipinski definition) is 1. The van der Waals surface area contributed by atoms with Crippen molar-refractivity contribution in [1.82, 2.24) is 0 Å². The van der Waals surface area contributed by atoms with Crippen LogP contribution in [0.5, 0.6) is 0 Å². The van der Waals surface area contributed by atoms with Crippen molar-refractivity contribution >= 4 is 15.9 Å². The average molecular weight is 240 g/mol. The molecule has 0 amide bonds. The Balaban J connectivity index is 2.71. The van der Waals surface area contributed by atoms with Crippen LogP contribution in [0, 0.1) is 6.92 Å². The number of azide groups is 1. The van der Waals surface area contributed by atoms with Gasteiger partial charge in [-0.25, -0.2) is 0 Å². The van der Waals surface area contributed by atoms with E-state index in [1.54, 1.807) is 0 Å². The van der Waals surface area contributed by atoms with Crippen LogP contribution >= 0.6 is 15.9 Å². The number of halogens is 1. The van der Waals surface area contributed by atoms with Crippen LogP contribution in [0.4, 0.5) is 0 Å². The Labute approximate surface area is 85.5 Å². The van der Waals surface area contributed by atoms with Gasteiger partial charge in [-0.15, -0.1) is 0 Å². The molecule has 4 heteroatoms. The highest BCUT2D eigenvalue weighted by molar-refractivity contribution is 9.10. The highest BCUT2D eigenvalue weighted by Gasteiger charge is 1.98. The van der Waals surface area contributed by atoms with Crippen molar-refractivity contribution in [3.05, 3.63) is 44.2 Å². The fourth-order valence-corrected chi connectivity index (χ4v) is 1.76. The molecule has 1 rings (SSSR count). The molecule has 1 aromatic carbocycles. The Kier molecular flexibility index (Phi) is 3.80. The topological polar surface area (TPSA) is 48.8 Å². The van der Waals surface area contributed by atoms with Crippen molar-refractivity contribution in [2.45, 2.75) is 13.3 Å². The maximum Gasteiger partial charge on any atom is 0.0298 e. The summed E-state index contributed by atoms with van der Waals surface area (Å²) in [5.74, 6) is 0. The number of nitrogens with zero attached hydrogens (tertiary/aromatic N) is 3. The minimum absolute atomic E-state index is 0.512. The molecule has 68 valence electrons. The Morgan fingerprint density at radius 3 is 2.92 bits per heavy atom. The predicted octanol–water partition coefficient (Wildman–Crippen LogP) is 3.61. The van der Waals surface area contributed by atoms with Crippen LogP contribution in [0.1, 0.15) is 11.1 Å². The quantitative estimate of drug-likeness (QED) is 0.440. The lowest BCUT2D eigenvalue weighted by Crippen LogP contribution is -1.90. The van der Waals surface area contributed by atoms with E-state index in [0.29, 0.717) is 6.54 Å². The molecule has 0 heterocycles. The highest BCUT2D eigenvalue weighted by Crippen LogP contribution is 2.18. The first-order chi connectivity index (χ1) is 6.24. The Morgan fingerprint density at radius 2 is 2.31 bits per heavy atom. The fourth-order valence-electron chi connectivity index (χ4n) is 1.07. The number of hydrogen-bond donors (Lipinski definition) is 0. The standard InChI is InChI=1S/C9H10BrN3/c1-7-2-3-8(9(10)6-7)4-5-12-13-11/h2-3,6H,4-5H2,1H3. The van der Waals surface area contributed by atoms with E-state index in [4.69, 9.17) is 5.53 Å². The summed E-state index contributed by atoms with van der Waals surface area (Å²) < 4.78 is 1.08. The first kappa shape index (κ1) is 10.1. The Bertz CT molecular complexity index is 343. The van der Waals surface area contributed by atoms with E-state index < -0.39 is 0 Å². The lowest BCUT2D eigenvalue weighted by molar-refractivity contribution is 0.950. The van der Waals surface area contributed by atoms with E-state index in [1.807, 2.05) is 13.0 Å². The first-order valence-corrected chi connectivity index (χ1v) is 4.79. The van der Waals surface area contributed by atoms with E-state index in [-0.39, 0.29) is 0 Å². The summed E-state index contributed by atoms with van der Waals surface area (Å²) in [5, 5.41) is 3.49. The van der Waals surface area contributed by atoms with Crippen LogP contribution < -0.4 is 0 Å². The molecule has 0 spiro atoms. The molecule has 3 nitrogen and oxygen atoms in total. The minimum atomic E-state index is 0.512. The summed E-state index contributed by atoms with van der Waals surface area (Å²) in [5.41, 5.74) is 10.5. The monoisotopic (exact) mass is 239 g/mol. The summed E-state index contributed by atoms with van der Waals surface area (Å²) in [6, 6.07) is 6.16. The SMILES string of the molecule is Cc1ccc(CCN=[N+]=[N-])c(Br)c1. The second-order valence-corrected chi connectivity index (χ2v) is 3.65. The third-order valence-electron chi connectivity index (χ3n) is 1.75. The first-order valence-electron chi connectivity index (χ1n) is 4.00. The van der Waals surface area contributed by atoms with E-state index in [9.17, 15) is 0 Å². The van der Waals surface area contributed by atoms with E-state index >= 15 is 0 Å². The molecule has 0 aliphatic rings. The zero-order valence-electron chi connectivity index (χ0n) is 7.37. The summed E-state index contributed by atoms with van der Waals surface area (Å²) in [7, 11) is 0. The molecule has 0 radical (unpaired) electrons. The summed E-state index contributed by atoms with van der Waals surface area (Å²) in [4.78, 5) is 2.71. The second-order valence-electron chi connectivity index (χ2n) is 2.80. The van der Waals surface area contributed by atoms with Gasteiger partial charge in [0.2, 0.25) is 0 Å². The molecule has 13 heavy (non-hydrogen) atoms. The van der Waals surface area contributed by atoms with Gasteiger partial charge in [-0.05, 0) is 36.1 Å². The number of rotatable bonds is 3. The third-order valence-corrected chi connectivity index (χ3v) is 2.49. The smallest absolute Gasteiger partial charge is 0.0298 e. The zero-order valence-corrected chi connectivity index (χ0v) is 8.95. The lowest BCUT2D eigenvalue weighted by Gasteiger charge is -2.02. The number of benzene rings is 1. The molecule has 0 saturated heterocycles. The fraction of sp³-hybridized carbons (Fsp3) is 0.333. The Hall–Kier alpha value is -0.990. The van der Waals surface area contributed by atoms with Crippen LogP contribution in [-0.4, -0.2) is 6.54 Å². The van der Waals surface area contributed by atoms with Crippen LogP contribution in [0.3, 0.4) is 0 Å². The zero-order chi connectivity index (χ0) is 9.68. The molecule has 0 unspecified atom stereocenters. The molecule has 0 fully saturated rings. The van der Waals surface area contributed by atoms with Gasteiger partial charge in [0.25, 0.3) is 0 Å². The van der Waals surface area contributed by atoms with Gasteiger partial charge >= 0.3 is 0 Å². The van der Waals surface area contributed by atoms with Gasteiger partial charge in [0, 0.05) is 15.9 Å². The van der Waals surface area contributed by atoms with E-state index in [2.05, 4.69) is 38.1 Å². The molecular weight excluding hydrogens is 230 g/mol. The van der Waals surface area contributed by atoms with Crippen LogP contribution in [0.2, 0.25) is 0 Å². The average Bonchev–Trinajstić information content (AvgIpc) is 2.09. The van der Waals surface area contributed by atoms with Crippen LogP contribution in [0.25, 0.3) is 10.4 Å².